The molecule has 0 aromatic rings. The zero-order valence-corrected chi connectivity index (χ0v) is 31.8. The van der Waals surface area contributed by atoms with Gasteiger partial charge in [0, 0.05) is 81.0 Å². The Morgan fingerprint density at radius 1 is 1.14 bits per heavy atom. The smallest absolute Gasteiger partial charge is 0.334 e. The normalized spacial score (nSPS) is 42.8. The van der Waals surface area contributed by atoms with E-state index in [0.717, 1.165) is 37.3 Å². The molecule has 13 heteroatoms. The van der Waals surface area contributed by atoms with Crippen molar-refractivity contribution >= 4 is 39.4 Å². The molecule has 1 saturated carbocycles. The van der Waals surface area contributed by atoms with Gasteiger partial charge >= 0.3 is 11.9 Å². The standard InChI is InChI=1S/C38H57N3O8S2/c1-3-22(8-12-43)36(46)49-37(2)9-6-24-20-50-51-21-28-7-10-41(28)33(44)15-27-19-40-32(39)16-29(27)34(24)38(37)18-26-14-25-13-23(5-4-11-42)35(45)47-30(25)17-31(26)48-38/h3,6,23,25-32,34,40,42-43H,4-5,7-21,39H2,1-2H3/t23?,25?,26?,27?,28-,29?,30?,31?,32?,34-,37+,38+/m1/s1. The minimum Gasteiger partial charge on any atom is -0.462 e. The molecule has 5 N–H and O–H groups in total. The van der Waals surface area contributed by atoms with Crippen LogP contribution in [0, 0.1) is 35.5 Å². The summed E-state index contributed by atoms with van der Waals surface area (Å²) >= 11 is 0. The molecular formula is C38H57N3O8S2. The maximum atomic E-state index is 13.9. The van der Waals surface area contributed by atoms with Crippen LogP contribution in [0.1, 0.15) is 84.5 Å². The first-order valence-electron chi connectivity index (χ1n) is 19.3. The fraction of sp³-hybridized carbons (Fsp3) is 0.816. The third-order valence-electron chi connectivity index (χ3n) is 13.5. The maximum Gasteiger partial charge on any atom is 0.334 e. The number of carbonyl (C=O) groups is 3. The molecule has 0 aromatic carbocycles. The number of hydrogen-bond donors (Lipinski definition) is 4. The van der Waals surface area contributed by atoms with Crippen LogP contribution in [0.2, 0.25) is 0 Å². The number of aliphatic hydroxyl groups is 2. The molecule has 7 aliphatic rings. The molecule has 1 amide bonds. The Balaban J connectivity index is 1.28. The minimum absolute atomic E-state index is 0.0151. The number of aliphatic hydroxyl groups excluding tert-OH is 2. The molecule has 8 unspecified atom stereocenters. The van der Waals surface area contributed by atoms with E-state index in [1.165, 1.54) is 5.57 Å². The van der Waals surface area contributed by atoms with Crippen LogP contribution < -0.4 is 11.1 Å². The SMILES string of the molecule is CC=C(CCO)C(=O)O[C@@]1(C)CC=C2CSSC[C@H]3CCN3C(=O)CC3CNC(N)CC3[C@@H]2[C@@]12CC1CC3CC(CCCO)C(=O)OC3CC1O2. The van der Waals surface area contributed by atoms with Gasteiger partial charge in [-0.25, -0.2) is 4.79 Å². The monoisotopic (exact) mass is 747 g/mol. The Bertz CT molecular complexity index is 1400. The number of amides is 1. The van der Waals surface area contributed by atoms with Crippen molar-refractivity contribution < 1.29 is 38.8 Å². The number of hydrogen-bond acceptors (Lipinski definition) is 12. The lowest BCUT2D eigenvalue weighted by atomic mass is 9.56. The van der Waals surface area contributed by atoms with Crippen LogP contribution in [-0.4, -0.2) is 106 Å². The first-order valence-corrected chi connectivity index (χ1v) is 21.8. The van der Waals surface area contributed by atoms with E-state index in [-0.39, 0.29) is 85.4 Å². The van der Waals surface area contributed by atoms with Crippen LogP contribution >= 0.6 is 21.6 Å². The van der Waals surface area contributed by atoms with Crippen molar-refractivity contribution in [1.82, 2.24) is 10.2 Å². The maximum absolute atomic E-state index is 13.9. The molecule has 284 valence electrons. The van der Waals surface area contributed by atoms with Crippen LogP contribution in [-0.2, 0) is 28.6 Å². The number of ether oxygens (including phenoxy) is 3. The van der Waals surface area contributed by atoms with Crippen LogP contribution in [0.25, 0.3) is 0 Å². The van der Waals surface area contributed by atoms with E-state index in [1.54, 1.807) is 13.0 Å². The zero-order chi connectivity index (χ0) is 35.9. The number of nitrogens with zero attached hydrogens (tertiary/aromatic N) is 1. The highest BCUT2D eigenvalue weighted by molar-refractivity contribution is 8.76. The molecule has 1 spiro atoms. The molecule has 2 aliphatic carbocycles. The van der Waals surface area contributed by atoms with Gasteiger partial charge in [0.05, 0.1) is 18.2 Å². The van der Waals surface area contributed by atoms with Gasteiger partial charge in [0.15, 0.2) is 0 Å². The number of fused-ring (bicyclic) bond motifs is 7. The number of nitrogens with two attached hydrogens (primary N) is 1. The Kier molecular flexibility index (Phi) is 11.6. The quantitative estimate of drug-likeness (QED) is 0.130. The number of allylic oxidation sites excluding steroid dienone is 1. The molecule has 6 fully saturated rings. The fourth-order valence-electron chi connectivity index (χ4n) is 10.7. The van der Waals surface area contributed by atoms with Gasteiger partial charge in [-0.1, -0.05) is 39.3 Å². The van der Waals surface area contributed by atoms with E-state index in [1.807, 2.05) is 28.5 Å². The van der Waals surface area contributed by atoms with Crippen molar-refractivity contribution in [1.29, 1.82) is 0 Å². The summed E-state index contributed by atoms with van der Waals surface area (Å²) in [4.78, 5) is 42.9. The summed E-state index contributed by atoms with van der Waals surface area (Å²) in [6, 6.07) is 0.291. The second-order valence-electron chi connectivity index (χ2n) is 16.3. The molecule has 0 aromatic heterocycles. The molecular weight excluding hydrogens is 691 g/mol. The van der Waals surface area contributed by atoms with E-state index in [2.05, 4.69) is 16.3 Å². The average Bonchev–Trinajstić information content (AvgIpc) is 3.45. The summed E-state index contributed by atoms with van der Waals surface area (Å²) in [7, 11) is 3.68. The third kappa shape index (κ3) is 7.18. The lowest BCUT2D eigenvalue weighted by molar-refractivity contribution is -0.229. The van der Waals surface area contributed by atoms with Gasteiger partial charge in [0.2, 0.25) is 5.91 Å². The van der Waals surface area contributed by atoms with Gasteiger partial charge in [-0.2, -0.15) is 0 Å². The largest absolute Gasteiger partial charge is 0.462 e. The Hall–Kier alpha value is -1.61. The highest BCUT2D eigenvalue weighted by Crippen LogP contribution is 2.62. The Morgan fingerprint density at radius 2 is 1.98 bits per heavy atom. The van der Waals surface area contributed by atoms with Gasteiger partial charge in [0.1, 0.15) is 17.3 Å². The molecule has 11 nitrogen and oxygen atoms in total. The lowest BCUT2D eigenvalue weighted by Gasteiger charge is -2.57. The van der Waals surface area contributed by atoms with Crippen LogP contribution in [0.4, 0.5) is 0 Å². The molecule has 7 rings (SSSR count). The molecule has 0 radical (unpaired) electrons. The highest BCUT2D eigenvalue weighted by Gasteiger charge is 2.68. The first-order chi connectivity index (χ1) is 24.6. The second kappa shape index (κ2) is 15.6. The summed E-state index contributed by atoms with van der Waals surface area (Å²) < 4.78 is 20.3. The number of esters is 2. The minimum atomic E-state index is -1.04. The van der Waals surface area contributed by atoms with E-state index >= 15 is 0 Å². The van der Waals surface area contributed by atoms with Gasteiger partial charge < -0.3 is 40.4 Å². The highest BCUT2D eigenvalue weighted by atomic mass is 33.1. The summed E-state index contributed by atoms with van der Waals surface area (Å²) in [5, 5.41) is 22.7. The predicted octanol–water partition coefficient (Wildman–Crippen LogP) is 3.72. The van der Waals surface area contributed by atoms with Gasteiger partial charge in [-0.05, 0) is 82.5 Å². The molecule has 51 heavy (non-hydrogen) atoms. The van der Waals surface area contributed by atoms with E-state index in [4.69, 9.17) is 19.9 Å². The van der Waals surface area contributed by atoms with Gasteiger partial charge in [-0.3, -0.25) is 9.59 Å². The Labute approximate surface area is 310 Å². The van der Waals surface area contributed by atoms with Crippen molar-refractivity contribution in [3.8, 4) is 0 Å². The lowest BCUT2D eigenvalue weighted by Crippen LogP contribution is -2.65. The zero-order valence-electron chi connectivity index (χ0n) is 30.1. The van der Waals surface area contributed by atoms with Crippen LogP contribution in [0.3, 0.4) is 0 Å². The van der Waals surface area contributed by atoms with Crippen LogP contribution in [0.5, 0.6) is 0 Å². The average molecular weight is 748 g/mol. The number of nitrogens with one attached hydrogen (secondary N) is 1. The topological polar surface area (TPSA) is 161 Å². The van der Waals surface area contributed by atoms with Gasteiger partial charge in [0.25, 0.3) is 0 Å². The Morgan fingerprint density at radius 3 is 2.73 bits per heavy atom. The second-order valence-corrected chi connectivity index (χ2v) is 18.8. The van der Waals surface area contributed by atoms with Crippen molar-refractivity contribution in [3.63, 3.8) is 0 Å². The van der Waals surface area contributed by atoms with Crippen molar-refractivity contribution in [2.45, 2.75) is 120 Å². The molecule has 12 atom stereocenters. The van der Waals surface area contributed by atoms with Crippen LogP contribution in [0.15, 0.2) is 23.3 Å². The van der Waals surface area contributed by atoms with E-state index in [9.17, 15) is 24.6 Å². The molecule has 0 bridgehead atoms. The summed E-state index contributed by atoms with van der Waals surface area (Å²) in [6.07, 6.45) is 10.4. The van der Waals surface area contributed by atoms with Gasteiger partial charge in [-0.15, -0.1) is 0 Å². The summed E-state index contributed by atoms with van der Waals surface area (Å²) in [5.41, 5.74) is 6.49. The number of carbonyl (C=O) groups excluding carboxylic acids is 3. The van der Waals surface area contributed by atoms with Crippen molar-refractivity contribution in [2.75, 3.05) is 37.8 Å². The number of rotatable bonds is 7. The molecule has 5 aliphatic heterocycles. The number of piperidine rings is 1. The third-order valence-corrected chi connectivity index (χ3v) is 15.9. The summed E-state index contributed by atoms with van der Waals surface area (Å²) in [6.45, 7) is 5.18. The van der Waals surface area contributed by atoms with Crippen molar-refractivity contribution in [2.24, 2.45) is 41.2 Å². The molecule has 5 saturated heterocycles. The summed E-state index contributed by atoms with van der Waals surface area (Å²) in [5.74, 6) is 1.41. The molecule has 5 heterocycles. The van der Waals surface area contributed by atoms with Crippen molar-refractivity contribution in [3.05, 3.63) is 23.3 Å². The first kappa shape index (κ1) is 37.7. The van der Waals surface area contributed by atoms with E-state index < -0.39 is 17.2 Å². The van der Waals surface area contributed by atoms with E-state index in [0.29, 0.717) is 63.1 Å². The predicted molar refractivity (Wildman–Crippen MR) is 196 cm³/mol. The fourth-order valence-corrected chi connectivity index (χ4v) is 13.2.